The third-order valence-electron chi connectivity index (χ3n) is 2.52. The van der Waals surface area contributed by atoms with E-state index < -0.39 is 5.82 Å². The predicted molar refractivity (Wildman–Crippen MR) is 62.1 cm³/mol. The number of aryl methyl sites for hydroxylation is 1. The van der Waals surface area contributed by atoms with Gasteiger partial charge in [0.05, 0.1) is 5.56 Å². The fourth-order valence-electron chi connectivity index (χ4n) is 1.62. The number of nitrogen functional groups attached to an aromatic ring is 1. The van der Waals surface area contributed by atoms with Crippen LogP contribution in [0.1, 0.15) is 23.1 Å². The monoisotopic (exact) mass is 233 g/mol. The van der Waals surface area contributed by atoms with Gasteiger partial charge in [0.15, 0.2) is 5.82 Å². The van der Waals surface area contributed by atoms with Crippen LogP contribution in [0.3, 0.4) is 0 Å². The van der Waals surface area contributed by atoms with Crippen LogP contribution in [-0.2, 0) is 6.54 Å². The number of halogens is 1. The van der Waals surface area contributed by atoms with Crippen molar-refractivity contribution in [1.29, 1.82) is 0 Å². The van der Waals surface area contributed by atoms with Gasteiger partial charge in [-0.25, -0.2) is 9.37 Å². The second-order valence-corrected chi connectivity index (χ2v) is 3.60. The fourth-order valence-corrected chi connectivity index (χ4v) is 1.62. The van der Waals surface area contributed by atoms with Crippen molar-refractivity contribution >= 4 is 11.5 Å². The maximum Gasteiger partial charge on any atom is 0.230 e. The number of anilines is 1. The van der Waals surface area contributed by atoms with E-state index in [4.69, 9.17) is 5.73 Å². The minimum absolute atomic E-state index is 0.144. The molecule has 0 aliphatic heterocycles. The molecule has 0 saturated carbocycles. The molecule has 5 heteroatoms. The molecular weight excluding hydrogens is 221 g/mol. The summed E-state index contributed by atoms with van der Waals surface area (Å²) in [7, 11) is 0. The highest BCUT2D eigenvalue weighted by Gasteiger charge is 2.17. The Bertz CT molecular complexity index is 563. The SMILES string of the molecule is CCn1ccnc1C(=O)c1cc(F)ccc1N. The smallest absolute Gasteiger partial charge is 0.230 e. The summed E-state index contributed by atoms with van der Waals surface area (Å²) in [6.07, 6.45) is 3.23. The molecule has 0 unspecified atom stereocenters. The summed E-state index contributed by atoms with van der Waals surface area (Å²) in [4.78, 5) is 16.1. The summed E-state index contributed by atoms with van der Waals surface area (Å²) in [6, 6.07) is 3.73. The van der Waals surface area contributed by atoms with E-state index in [0.29, 0.717) is 6.54 Å². The first-order valence-corrected chi connectivity index (χ1v) is 5.24. The first-order valence-electron chi connectivity index (χ1n) is 5.24. The van der Waals surface area contributed by atoms with Crippen molar-refractivity contribution in [2.45, 2.75) is 13.5 Å². The summed E-state index contributed by atoms with van der Waals surface area (Å²) < 4.78 is 14.8. The Balaban J connectivity index is 2.47. The van der Waals surface area contributed by atoms with E-state index in [0.717, 1.165) is 6.07 Å². The van der Waals surface area contributed by atoms with Crippen LogP contribution in [-0.4, -0.2) is 15.3 Å². The quantitative estimate of drug-likeness (QED) is 0.650. The molecule has 2 N–H and O–H groups in total. The summed E-state index contributed by atoms with van der Waals surface area (Å²) in [5.41, 5.74) is 6.06. The van der Waals surface area contributed by atoms with Crippen LogP contribution in [0.5, 0.6) is 0 Å². The number of nitrogens with zero attached hydrogens (tertiary/aromatic N) is 2. The highest BCUT2D eigenvalue weighted by atomic mass is 19.1. The zero-order chi connectivity index (χ0) is 12.4. The highest BCUT2D eigenvalue weighted by molar-refractivity contribution is 6.10. The zero-order valence-corrected chi connectivity index (χ0v) is 9.35. The average Bonchev–Trinajstić information content (AvgIpc) is 2.79. The molecule has 1 aromatic heterocycles. The molecule has 1 aromatic carbocycles. The molecule has 0 aliphatic rings. The second kappa shape index (κ2) is 4.37. The summed E-state index contributed by atoms with van der Waals surface area (Å²) in [6.45, 7) is 2.52. The number of carbonyl (C=O) groups excluding carboxylic acids is 1. The molecule has 0 fully saturated rings. The lowest BCUT2D eigenvalue weighted by atomic mass is 10.1. The van der Waals surface area contributed by atoms with Crippen molar-refractivity contribution < 1.29 is 9.18 Å². The van der Waals surface area contributed by atoms with Crippen molar-refractivity contribution in [3.05, 3.63) is 47.8 Å². The van der Waals surface area contributed by atoms with E-state index in [1.54, 1.807) is 10.8 Å². The van der Waals surface area contributed by atoms with Crippen molar-refractivity contribution in [2.24, 2.45) is 0 Å². The number of nitrogens with two attached hydrogens (primary N) is 1. The molecule has 2 rings (SSSR count). The van der Waals surface area contributed by atoms with E-state index >= 15 is 0 Å². The number of benzene rings is 1. The van der Waals surface area contributed by atoms with Gasteiger partial charge in [0.25, 0.3) is 0 Å². The van der Waals surface area contributed by atoms with Gasteiger partial charge in [-0.2, -0.15) is 0 Å². The molecule has 0 bridgehead atoms. The van der Waals surface area contributed by atoms with Crippen molar-refractivity contribution in [2.75, 3.05) is 5.73 Å². The number of ketones is 1. The van der Waals surface area contributed by atoms with Crippen LogP contribution in [0.2, 0.25) is 0 Å². The standard InChI is InChI=1S/C12H12FN3O/c1-2-16-6-5-15-12(16)11(17)9-7-8(13)3-4-10(9)14/h3-7H,2,14H2,1H3. The second-order valence-electron chi connectivity index (χ2n) is 3.60. The largest absolute Gasteiger partial charge is 0.398 e. The first-order chi connectivity index (χ1) is 8.13. The van der Waals surface area contributed by atoms with Gasteiger partial charge in [-0.3, -0.25) is 4.79 Å². The van der Waals surface area contributed by atoms with Crippen LogP contribution in [0.4, 0.5) is 10.1 Å². The molecule has 1 heterocycles. The number of rotatable bonds is 3. The van der Waals surface area contributed by atoms with Crippen LogP contribution < -0.4 is 5.73 Å². The summed E-state index contributed by atoms with van der Waals surface area (Å²) in [5, 5.41) is 0. The lowest BCUT2D eigenvalue weighted by Crippen LogP contribution is -2.12. The lowest BCUT2D eigenvalue weighted by Gasteiger charge is -2.06. The van der Waals surface area contributed by atoms with E-state index in [9.17, 15) is 9.18 Å². The maximum atomic E-state index is 13.1. The number of hydrogen-bond acceptors (Lipinski definition) is 3. The van der Waals surface area contributed by atoms with Crippen LogP contribution in [0, 0.1) is 5.82 Å². The van der Waals surface area contributed by atoms with Crippen LogP contribution in [0.25, 0.3) is 0 Å². The molecule has 0 radical (unpaired) electrons. The minimum atomic E-state index is -0.489. The minimum Gasteiger partial charge on any atom is -0.398 e. The third kappa shape index (κ3) is 2.04. The Hall–Kier alpha value is -2.17. The maximum absolute atomic E-state index is 13.1. The van der Waals surface area contributed by atoms with Gasteiger partial charge in [-0.1, -0.05) is 0 Å². The molecule has 4 nitrogen and oxygen atoms in total. The fraction of sp³-hybridized carbons (Fsp3) is 0.167. The Kier molecular flexibility index (Phi) is 2.91. The molecule has 0 amide bonds. The molecule has 17 heavy (non-hydrogen) atoms. The van der Waals surface area contributed by atoms with Crippen LogP contribution >= 0.6 is 0 Å². The van der Waals surface area contributed by atoms with Crippen molar-refractivity contribution in [1.82, 2.24) is 9.55 Å². The van der Waals surface area contributed by atoms with Gasteiger partial charge in [0.1, 0.15) is 5.82 Å². The third-order valence-corrected chi connectivity index (χ3v) is 2.52. The Morgan fingerprint density at radius 1 is 1.53 bits per heavy atom. The van der Waals surface area contributed by atoms with Crippen molar-refractivity contribution in [3.63, 3.8) is 0 Å². The lowest BCUT2D eigenvalue weighted by molar-refractivity contribution is 0.102. The molecule has 0 saturated heterocycles. The van der Waals surface area contributed by atoms with E-state index in [2.05, 4.69) is 4.98 Å². The van der Waals surface area contributed by atoms with E-state index in [-0.39, 0.29) is 22.9 Å². The van der Waals surface area contributed by atoms with Gasteiger partial charge in [0, 0.05) is 24.6 Å². The van der Waals surface area contributed by atoms with Gasteiger partial charge in [-0.15, -0.1) is 0 Å². The van der Waals surface area contributed by atoms with Gasteiger partial charge < -0.3 is 10.3 Å². The first kappa shape index (κ1) is 11.3. The number of imidazole rings is 1. The molecule has 0 atom stereocenters. The van der Waals surface area contributed by atoms with Crippen molar-refractivity contribution in [3.8, 4) is 0 Å². The Labute approximate surface area is 97.9 Å². The van der Waals surface area contributed by atoms with Gasteiger partial charge >= 0.3 is 0 Å². The number of carbonyl (C=O) groups is 1. The summed E-state index contributed by atoms with van der Waals surface area (Å²) in [5.74, 6) is -0.587. The highest BCUT2D eigenvalue weighted by Crippen LogP contribution is 2.17. The van der Waals surface area contributed by atoms with Gasteiger partial charge in [-0.05, 0) is 25.1 Å². The zero-order valence-electron chi connectivity index (χ0n) is 9.35. The summed E-state index contributed by atoms with van der Waals surface area (Å²) >= 11 is 0. The topological polar surface area (TPSA) is 60.9 Å². The number of hydrogen-bond donors (Lipinski definition) is 1. The molecule has 2 aromatic rings. The predicted octanol–water partition coefficient (Wildman–Crippen LogP) is 1.86. The Morgan fingerprint density at radius 3 is 3.00 bits per heavy atom. The van der Waals surface area contributed by atoms with Crippen LogP contribution in [0.15, 0.2) is 30.6 Å². The van der Waals surface area contributed by atoms with E-state index in [1.165, 1.54) is 18.3 Å². The molecular formula is C12H12FN3O. The van der Waals surface area contributed by atoms with E-state index in [1.807, 2.05) is 6.92 Å². The average molecular weight is 233 g/mol. The van der Waals surface area contributed by atoms with Gasteiger partial charge in [0.2, 0.25) is 5.78 Å². The molecule has 88 valence electrons. The molecule has 0 spiro atoms. The molecule has 0 aliphatic carbocycles. The normalized spacial score (nSPS) is 10.5. The Morgan fingerprint density at radius 2 is 2.29 bits per heavy atom. The number of aromatic nitrogens is 2.